The molecule has 0 atom stereocenters. The van der Waals surface area contributed by atoms with E-state index in [1.807, 2.05) is 36.2 Å². The van der Waals surface area contributed by atoms with Gasteiger partial charge in [0.15, 0.2) is 5.65 Å². The van der Waals surface area contributed by atoms with Crippen LogP contribution in [0.15, 0.2) is 42.7 Å². The van der Waals surface area contributed by atoms with Crippen LogP contribution in [-0.4, -0.2) is 68.9 Å². The number of aryl methyl sites for hydroxylation is 2. The molecule has 4 aromatic rings. The Hall–Kier alpha value is -4.04. The molecule has 0 saturated carbocycles. The molecular formula is C28H29N5O3. The van der Waals surface area contributed by atoms with E-state index in [9.17, 15) is 14.7 Å². The summed E-state index contributed by atoms with van der Waals surface area (Å²) < 4.78 is 0. The number of hydrogen-bond acceptors (Lipinski definition) is 5. The first-order valence-corrected chi connectivity index (χ1v) is 11.9. The van der Waals surface area contributed by atoms with Gasteiger partial charge in [0, 0.05) is 50.1 Å². The molecule has 0 spiro atoms. The number of nitrogens with one attached hydrogen (secondary N) is 1. The first-order valence-electron chi connectivity index (χ1n) is 11.9. The van der Waals surface area contributed by atoms with Gasteiger partial charge in [-0.1, -0.05) is 12.1 Å². The first-order chi connectivity index (χ1) is 17.2. The van der Waals surface area contributed by atoms with Gasteiger partial charge in [-0.2, -0.15) is 0 Å². The second-order valence-corrected chi connectivity index (χ2v) is 9.67. The highest BCUT2D eigenvalue weighted by Crippen LogP contribution is 2.32. The Morgan fingerprint density at radius 2 is 1.89 bits per heavy atom. The zero-order valence-electron chi connectivity index (χ0n) is 20.9. The van der Waals surface area contributed by atoms with E-state index in [1.165, 1.54) is 11.1 Å². The summed E-state index contributed by atoms with van der Waals surface area (Å²) in [6.45, 7) is 5.44. The molecule has 2 aromatic carbocycles. The normalized spacial score (nSPS) is 13.6. The van der Waals surface area contributed by atoms with E-state index in [-0.39, 0.29) is 12.5 Å². The quantitative estimate of drug-likeness (QED) is 0.444. The number of aromatic nitrogens is 3. The van der Waals surface area contributed by atoms with E-state index in [1.54, 1.807) is 25.2 Å². The molecule has 1 aliphatic rings. The van der Waals surface area contributed by atoms with Crippen molar-refractivity contribution in [1.29, 1.82) is 0 Å². The molecule has 0 fully saturated rings. The molecule has 36 heavy (non-hydrogen) atoms. The fraction of sp³-hybridized carbons (Fsp3) is 0.286. The fourth-order valence-electron chi connectivity index (χ4n) is 5.02. The zero-order valence-corrected chi connectivity index (χ0v) is 20.9. The van der Waals surface area contributed by atoms with E-state index in [2.05, 4.69) is 29.0 Å². The Kier molecular flexibility index (Phi) is 6.05. The Bertz CT molecular complexity index is 1500. The number of aromatic amines is 1. The van der Waals surface area contributed by atoms with Gasteiger partial charge in [-0.15, -0.1) is 0 Å². The van der Waals surface area contributed by atoms with Crippen molar-refractivity contribution >= 4 is 23.0 Å². The molecular weight excluding hydrogens is 454 g/mol. The largest absolute Gasteiger partial charge is 0.480 e. The highest BCUT2D eigenvalue weighted by atomic mass is 16.4. The smallest absolute Gasteiger partial charge is 0.317 e. The minimum absolute atomic E-state index is 0.0234. The van der Waals surface area contributed by atoms with Crippen LogP contribution in [0.25, 0.3) is 33.5 Å². The summed E-state index contributed by atoms with van der Waals surface area (Å²) in [6, 6.07) is 10.1. The van der Waals surface area contributed by atoms with E-state index in [0.29, 0.717) is 17.8 Å². The highest BCUT2D eigenvalue weighted by molar-refractivity contribution is 5.97. The number of H-pyrrole nitrogens is 1. The third-order valence-electron chi connectivity index (χ3n) is 6.85. The van der Waals surface area contributed by atoms with Gasteiger partial charge in [-0.25, -0.2) is 9.97 Å². The monoisotopic (exact) mass is 483 g/mol. The van der Waals surface area contributed by atoms with Crippen molar-refractivity contribution in [2.24, 2.45) is 0 Å². The summed E-state index contributed by atoms with van der Waals surface area (Å²) in [5.74, 6) is -0.832. The lowest BCUT2D eigenvalue weighted by molar-refractivity contribution is -0.138. The Labute approximate surface area is 209 Å². The van der Waals surface area contributed by atoms with Gasteiger partial charge < -0.3 is 15.0 Å². The van der Waals surface area contributed by atoms with Crippen molar-refractivity contribution < 1.29 is 14.7 Å². The molecule has 5 rings (SSSR count). The summed E-state index contributed by atoms with van der Waals surface area (Å²) >= 11 is 0. The van der Waals surface area contributed by atoms with Crippen LogP contribution in [0.5, 0.6) is 0 Å². The van der Waals surface area contributed by atoms with Gasteiger partial charge in [0.05, 0.1) is 18.4 Å². The third kappa shape index (κ3) is 4.35. The number of nitrogens with zero attached hydrogens (tertiary/aromatic N) is 4. The number of carboxylic acids is 1. The number of amides is 1. The van der Waals surface area contributed by atoms with Gasteiger partial charge in [-0.3, -0.25) is 14.5 Å². The second kappa shape index (κ2) is 9.20. The number of hydrogen-bond donors (Lipinski definition) is 2. The summed E-state index contributed by atoms with van der Waals surface area (Å²) in [7, 11) is 3.50. The van der Waals surface area contributed by atoms with Gasteiger partial charge in [0.1, 0.15) is 5.52 Å². The maximum Gasteiger partial charge on any atom is 0.317 e. The van der Waals surface area contributed by atoms with E-state index < -0.39 is 5.97 Å². The summed E-state index contributed by atoms with van der Waals surface area (Å²) in [4.78, 5) is 40.0. The van der Waals surface area contributed by atoms with Crippen LogP contribution in [0.1, 0.15) is 32.6 Å². The number of carbonyl (C=O) groups excluding carboxylic acids is 1. The minimum atomic E-state index is -0.808. The lowest BCUT2D eigenvalue weighted by atomic mass is 9.92. The number of fused-ring (bicyclic) bond motifs is 2. The molecule has 1 amide bonds. The lowest BCUT2D eigenvalue weighted by Gasteiger charge is -2.29. The van der Waals surface area contributed by atoms with E-state index in [4.69, 9.17) is 4.98 Å². The van der Waals surface area contributed by atoms with Gasteiger partial charge in [0.2, 0.25) is 0 Å². The van der Waals surface area contributed by atoms with Gasteiger partial charge >= 0.3 is 5.97 Å². The molecule has 3 heterocycles. The summed E-state index contributed by atoms with van der Waals surface area (Å²) in [5.41, 5.74) is 10.3. The predicted molar refractivity (Wildman–Crippen MR) is 139 cm³/mol. The van der Waals surface area contributed by atoms with Crippen LogP contribution < -0.4 is 0 Å². The first kappa shape index (κ1) is 23.7. The van der Waals surface area contributed by atoms with Crippen LogP contribution in [0.2, 0.25) is 0 Å². The van der Waals surface area contributed by atoms with E-state index in [0.717, 1.165) is 52.0 Å². The number of benzene rings is 2. The molecule has 0 unspecified atom stereocenters. The highest BCUT2D eigenvalue weighted by Gasteiger charge is 2.21. The molecule has 0 aliphatic carbocycles. The van der Waals surface area contributed by atoms with Crippen LogP contribution in [0, 0.1) is 13.8 Å². The van der Waals surface area contributed by atoms with Crippen LogP contribution in [0.4, 0.5) is 0 Å². The van der Waals surface area contributed by atoms with Crippen molar-refractivity contribution in [2.45, 2.75) is 26.8 Å². The van der Waals surface area contributed by atoms with Crippen LogP contribution >= 0.6 is 0 Å². The van der Waals surface area contributed by atoms with E-state index >= 15 is 0 Å². The SMILES string of the molecule is Cc1cc(-c2c[nH]c3ncc(-c4cc(C)c5c(c4)CN(CC(=O)O)CC5)nc23)ccc1C(=O)N(C)C. The molecule has 0 radical (unpaired) electrons. The topological polar surface area (TPSA) is 102 Å². The van der Waals surface area contributed by atoms with Crippen LogP contribution in [-0.2, 0) is 17.8 Å². The number of carboxylic acid groups (broad SMARTS) is 1. The van der Waals surface area contributed by atoms with Crippen molar-refractivity contribution in [3.63, 3.8) is 0 Å². The number of aliphatic carboxylic acids is 1. The Morgan fingerprint density at radius 3 is 2.61 bits per heavy atom. The minimum Gasteiger partial charge on any atom is -0.480 e. The molecule has 8 heteroatoms. The molecule has 0 bridgehead atoms. The molecule has 8 nitrogen and oxygen atoms in total. The van der Waals surface area contributed by atoms with Crippen molar-refractivity contribution in [3.05, 3.63) is 70.5 Å². The predicted octanol–water partition coefficient (Wildman–Crippen LogP) is 4.05. The average Bonchev–Trinajstić information content (AvgIpc) is 3.26. The number of carbonyl (C=O) groups is 2. The molecule has 0 saturated heterocycles. The molecule has 2 N–H and O–H groups in total. The van der Waals surface area contributed by atoms with Crippen molar-refractivity contribution in [1.82, 2.24) is 24.8 Å². The average molecular weight is 484 g/mol. The Morgan fingerprint density at radius 1 is 1.11 bits per heavy atom. The second-order valence-electron chi connectivity index (χ2n) is 9.67. The Balaban J connectivity index is 1.53. The van der Waals surface area contributed by atoms with Gasteiger partial charge in [0.25, 0.3) is 5.91 Å². The zero-order chi connectivity index (χ0) is 25.6. The molecule has 184 valence electrons. The maximum atomic E-state index is 12.4. The lowest BCUT2D eigenvalue weighted by Crippen LogP contribution is -2.35. The van der Waals surface area contributed by atoms with Crippen LogP contribution in [0.3, 0.4) is 0 Å². The summed E-state index contributed by atoms with van der Waals surface area (Å²) in [6.07, 6.45) is 4.51. The van der Waals surface area contributed by atoms with Crippen molar-refractivity contribution in [3.8, 4) is 22.4 Å². The number of rotatable bonds is 5. The van der Waals surface area contributed by atoms with Gasteiger partial charge in [-0.05, 0) is 66.3 Å². The third-order valence-corrected chi connectivity index (χ3v) is 6.85. The summed E-state index contributed by atoms with van der Waals surface area (Å²) in [5, 5.41) is 9.20. The fourth-order valence-corrected chi connectivity index (χ4v) is 5.02. The van der Waals surface area contributed by atoms with Crippen molar-refractivity contribution in [2.75, 3.05) is 27.2 Å². The standard InChI is InChI=1S/C28H29N5O3/c1-16-10-19(11-20-14-33(15-25(34)35)8-7-21(16)20)24-13-30-27-26(31-24)23(12-29-27)18-5-6-22(17(2)9-18)28(36)32(3)4/h5-6,9-13H,7-8,14-15H2,1-4H3,(H,29,30)(H,34,35). The molecule has 2 aromatic heterocycles. The maximum absolute atomic E-state index is 12.4. The molecule has 1 aliphatic heterocycles.